The minimum Gasteiger partial charge on any atom is -0.382 e. The van der Waals surface area contributed by atoms with Gasteiger partial charge < -0.3 is 29.9 Å². The van der Waals surface area contributed by atoms with Gasteiger partial charge in [0.25, 0.3) is 6.03 Å². The summed E-state index contributed by atoms with van der Waals surface area (Å²) in [7, 11) is -4.70. The van der Waals surface area contributed by atoms with Gasteiger partial charge in [-0.05, 0) is 6.92 Å². The number of anilines is 1. The molecule has 0 aliphatic carbocycles. The molecule has 2 atom stereocenters. The largest absolute Gasteiger partial charge is 0.382 e. The first-order chi connectivity index (χ1) is 9.29. The van der Waals surface area contributed by atoms with Gasteiger partial charge in [0.2, 0.25) is 0 Å². The summed E-state index contributed by atoms with van der Waals surface area (Å²) in [6.45, 7) is 1.71. The molecule has 0 spiro atoms. The second-order valence-electron chi connectivity index (χ2n) is 4.19. The van der Waals surface area contributed by atoms with Crippen LogP contribution in [-0.2, 0) is 15.8 Å². The van der Waals surface area contributed by atoms with E-state index in [1.807, 2.05) is 0 Å². The average molecular weight is 303 g/mol. The van der Waals surface area contributed by atoms with Crippen LogP contribution in [0.3, 0.4) is 0 Å². The maximum absolute atomic E-state index is 10.8. The summed E-state index contributed by atoms with van der Waals surface area (Å²) < 4.78 is 17.2. The lowest BCUT2D eigenvalue weighted by molar-refractivity contribution is -0.0936. The number of nitrogens with zero attached hydrogens (tertiary/aromatic N) is 4. The lowest BCUT2D eigenvalue weighted by atomic mass is 10.3. The molecule has 10 nitrogen and oxygen atoms in total. The Bertz CT molecular complexity index is 613. The van der Waals surface area contributed by atoms with E-state index in [4.69, 9.17) is 20.3 Å². The zero-order valence-electron chi connectivity index (χ0n) is 10.5. The average Bonchev–Trinajstić information content (AvgIpc) is 2.81. The third kappa shape index (κ3) is 3.11. The van der Waals surface area contributed by atoms with Crippen LogP contribution in [0.25, 0.3) is 11.5 Å². The van der Waals surface area contributed by atoms with E-state index in [2.05, 4.69) is 15.0 Å². The smallest absolute Gasteiger partial charge is 0.381 e. The summed E-state index contributed by atoms with van der Waals surface area (Å²) >= 11 is 0. The standard InChI is InChI=1S/C9H14N5O5P/c1-5(19-9(15)20(16,17)18)2-14-4-13-7(10)6-8(14)12-3-11-6/h3-5,9,15H,2,10H2,1H3,(H2,16,17,18)/t5?,9-/m0/s1. The lowest BCUT2D eigenvalue weighted by Crippen LogP contribution is -2.25. The maximum Gasteiger partial charge on any atom is 0.381 e. The second-order valence-corrected chi connectivity index (χ2v) is 5.81. The highest BCUT2D eigenvalue weighted by Crippen LogP contribution is 2.40. The van der Waals surface area contributed by atoms with Gasteiger partial charge in [-0.1, -0.05) is 0 Å². The highest BCUT2D eigenvalue weighted by molar-refractivity contribution is 7.52. The van der Waals surface area contributed by atoms with Crippen molar-refractivity contribution < 1.29 is 24.2 Å². The molecule has 2 aliphatic heterocycles. The molecule has 2 heterocycles. The molecular formula is C9H14N5O5P. The Labute approximate surface area is 113 Å². The molecule has 0 saturated carbocycles. The Kier molecular flexibility index (Phi) is 4.02. The van der Waals surface area contributed by atoms with Gasteiger partial charge in [-0.15, -0.1) is 0 Å². The number of hydrogen-bond donors (Lipinski definition) is 4. The molecule has 0 amide bonds. The second kappa shape index (κ2) is 5.43. The van der Waals surface area contributed by atoms with Crippen molar-refractivity contribution in [2.45, 2.75) is 25.6 Å². The summed E-state index contributed by atoms with van der Waals surface area (Å²) in [5.41, 5.74) is 6.06. The van der Waals surface area contributed by atoms with Crippen molar-refractivity contribution in [1.82, 2.24) is 19.5 Å². The van der Waals surface area contributed by atoms with Gasteiger partial charge in [0.15, 0.2) is 11.6 Å². The molecule has 2 aliphatic rings. The maximum atomic E-state index is 10.8. The van der Waals surface area contributed by atoms with Gasteiger partial charge in [-0.3, -0.25) is 4.57 Å². The normalized spacial score (nSPS) is 15.4. The zero-order chi connectivity index (χ0) is 14.9. The molecule has 2 rings (SSSR count). The zero-order valence-corrected chi connectivity index (χ0v) is 11.4. The predicted molar refractivity (Wildman–Crippen MR) is 67.4 cm³/mol. The molecule has 0 saturated heterocycles. The predicted octanol–water partition coefficient (Wildman–Crippen LogP) is -0.781. The Balaban J connectivity index is 2.11. The van der Waals surface area contributed by atoms with Crippen LogP contribution in [-0.4, -0.2) is 46.5 Å². The number of fused-ring (bicyclic) bond motifs is 1. The molecule has 0 aromatic rings. The van der Waals surface area contributed by atoms with Gasteiger partial charge in [-0.2, -0.15) is 0 Å². The number of hydrogen-bond acceptors (Lipinski definition) is 7. The van der Waals surface area contributed by atoms with Gasteiger partial charge in [0.05, 0.1) is 19.0 Å². The molecule has 0 fully saturated rings. The Hall–Kier alpha value is -1.58. The van der Waals surface area contributed by atoms with Crippen LogP contribution in [0.2, 0.25) is 0 Å². The number of aliphatic hydroxyl groups excluding tert-OH is 1. The van der Waals surface area contributed by atoms with E-state index in [1.165, 1.54) is 12.7 Å². The van der Waals surface area contributed by atoms with E-state index >= 15 is 0 Å². The van der Waals surface area contributed by atoms with E-state index in [-0.39, 0.29) is 12.4 Å². The number of nitrogen functional groups attached to an aromatic ring is 1. The lowest BCUT2D eigenvalue weighted by Gasteiger charge is -2.20. The van der Waals surface area contributed by atoms with Crippen LogP contribution in [0.5, 0.6) is 0 Å². The molecule has 5 N–H and O–H groups in total. The highest BCUT2D eigenvalue weighted by atomic mass is 31.2. The third-order valence-electron chi connectivity index (χ3n) is 2.53. The number of nitrogens with two attached hydrogens (primary N) is 1. The molecule has 11 heteroatoms. The Morgan fingerprint density at radius 2 is 2.15 bits per heavy atom. The molecule has 0 radical (unpaired) electrons. The van der Waals surface area contributed by atoms with Gasteiger partial charge in [-0.25, -0.2) is 15.0 Å². The molecule has 0 aromatic carbocycles. The van der Waals surface area contributed by atoms with Gasteiger partial charge in [0.1, 0.15) is 12.0 Å². The topological polar surface area (TPSA) is 157 Å². The summed E-state index contributed by atoms with van der Waals surface area (Å²) in [4.78, 5) is 29.4. The van der Waals surface area contributed by atoms with E-state index in [9.17, 15) is 9.67 Å². The quantitative estimate of drug-likeness (QED) is 0.410. The molecule has 1 unspecified atom stereocenters. The fraction of sp³-hybridized carbons (Fsp3) is 0.444. The van der Waals surface area contributed by atoms with Crippen LogP contribution < -0.4 is 5.73 Å². The molecule has 110 valence electrons. The van der Waals surface area contributed by atoms with Gasteiger partial charge in [0, 0.05) is 0 Å². The van der Waals surface area contributed by atoms with E-state index < -0.39 is 19.7 Å². The minimum absolute atomic E-state index is 0.166. The fourth-order valence-electron chi connectivity index (χ4n) is 1.64. The molecule has 0 bridgehead atoms. The van der Waals surface area contributed by atoms with E-state index in [0.29, 0.717) is 11.5 Å². The molecular weight excluding hydrogens is 289 g/mol. The number of aromatic nitrogens is 4. The van der Waals surface area contributed by atoms with Crippen molar-refractivity contribution >= 4 is 13.4 Å². The van der Waals surface area contributed by atoms with Crippen LogP contribution >= 0.6 is 7.60 Å². The fourth-order valence-corrected chi connectivity index (χ4v) is 2.01. The van der Waals surface area contributed by atoms with Crippen LogP contribution in [0.1, 0.15) is 6.92 Å². The number of aliphatic hydroxyl groups is 1. The van der Waals surface area contributed by atoms with E-state index in [0.717, 1.165) is 0 Å². The molecule has 0 aromatic heterocycles. The summed E-state index contributed by atoms with van der Waals surface area (Å²) in [5.74, 6) is 0.705. The Morgan fingerprint density at radius 3 is 2.80 bits per heavy atom. The first kappa shape index (κ1) is 14.8. The number of imidazole rings is 1. The summed E-state index contributed by atoms with van der Waals surface area (Å²) in [6, 6.07) is -2.17. The third-order valence-corrected chi connectivity index (χ3v) is 3.22. The summed E-state index contributed by atoms with van der Waals surface area (Å²) in [6.07, 6.45) is 2.05. The van der Waals surface area contributed by atoms with Crippen molar-refractivity contribution in [2.24, 2.45) is 0 Å². The highest BCUT2D eigenvalue weighted by Gasteiger charge is 2.29. The van der Waals surface area contributed by atoms with Crippen molar-refractivity contribution in [3.8, 4) is 11.5 Å². The van der Waals surface area contributed by atoms with Crippen LogP contribution in [0.4, 0.5) is 5.82 Å². The van der Waals surface area contributed by atoms with Crippen LogP contribution in [0.15, 0.2) is 12.7 Å². The number of rotatable bonds is 5. The van der Waals surface area contributed by atoms with Crippen LogP contribution in [0, 0.1) is 0 Å². The number of ether oxygens (including phenoxy) is 1. The first-order valence-corrected chi connectivity index (χ1v) is 7.27. The van der Waals surface area contributed by atoms with Gasteiger partial charge >= 0.3 is 7.60 Å². The van der Waals surface area contributed by atoms with E-state index in [1.54, 1.807) is 11.5 Å². The Morgan fingerprint density at radius 1 is 1.45 bits per heavy atom. The first-order valence-electron chi connectivity index (χ1n) is 5.59. The van der Waals surface area contributed by atoms with Crippen molar-refractivity contribution in [3.63, 3.8) is 0 Å². The minimum atomic E-state index is -4.70. The summed E-state index contributed by atoms with van der Waals surface area (Å²) in [5, 5.41) is 9.19. The monoisotopic (exact) mass is 303 g/mol. The van der Waals surface area contributed by atoms with Crippen molar-refractivity contribution in [1.29, 1.82) is 0 Å². The molecule has 20 heavy (non-hydrogen) atoms. The SMILES string of the molecule is CC(Cn1cnc(N)c2ncnc1-2)O[C@H](O)P(=O)(O)O. The van der Waals surface area contributed by atoms with Crippen molar-refractivity contribution in [3.05, 3.63) is 12.7 Å². The van der Waals surface area contributed by atoms with Crippen molar-refractivity contribution in [2.75, 3.05) is 5.73 Å².